The summed E-state index contributed by atoms with van der Waals surface area (Å²) in [5, 5.41) is 8.81. The Hall–Kier alpha value is -2.01. The fourth-order valence-electron chi connectivity index (χ4n) is 1.42. The maximum absolute atomic E-state index is 13.5. The third-order valence-electron chi connectivity index (χ3n) is 2.31. The molecule has 0 fully saturated rings. The Kier molecular flexibility index (Phi) is 3.53. The zero-order valence-corrected chi connectivity index (χ0v) is 10.1. The lowest BCUT2D eigenvalue weighted by Crippen LogP contribution is -1.98. The number of halogens is 1. The van der Waals surface area contributed by atoms with E-state index >= 15 is 0 Å². The summed E-state index contributed by atoms with van der Waals surface area (Å²) < 4.78 is 13.5. The fraction of sp³-hybridized carbons (Fsp3) is 0. The van der Waals surface area contributed by atoms with Gasteiger partial charge in [-0.25, -0.2) is 9.18 Å². The molecule has 92 valence electrons. The Balaban J connectivity index is 2.30. The lowest BCUT2D eigenvalue weighted by molar-refractivity contribution is 0.0697. The predicted octanol–water partition coefficient (Wildman–Crippen LogP) is 3.26. The number of hydrogen-bond acceptors (Lipinski definition) is 3. The quantitative estimate of drug-likeness (QED) is 0.834. The average Bonchev–Trinajstić information content (AvgIpc) is 2.34. The summed E-state index contributed by atoms with van der Waals surface area (Å²) in [6.45, 7) is 0. The Labute approximate surface area is 107 Å². The minimum Gasteiger partial charge on any atom is -0.478 e. The van der Waals surface area contributed by atoms with E-state index in [1.807, 2.05) is 0 Å². The molecule has 0 atom stereocenters. The first-order valence-electron chi connectivity index (χ1n) is 5.13. The van der Waals surface area contributed by atoms with Gasteiger partial charge >= 0.3 is 5.97 Å². The number of carboxylic acids is 1. The predicted molar refractivity (Wildman–Crippen MR) is 68.3 cm³/mol. The van der Waals surface area contributed by atoms with Crippen LogP contribution in [-0.2, 0) is 0 Å². The van der Waals surface area contributed by atoms with Crippen molar-refractivity contribution in [3.63, 3.8) is 0 Å². The molecule has 0 radical (unpaired) electrons. The molecule has 5 heteroatoms. The number of nitrogens with two attached hydrogens (primary N) is 1. The van der Waals surface area contributed by atoms with Crippen molar-refractivity contribution in [3.8, 4) is 0 Å². The fourth-order valence-corrected chi connectivity index (χ4v) is 2.28. The minimum absolute atomic E-state index is 0.116. The maximum atomic E-state index is 13.5. The lowest BCUT2D eigenvalue weighted by atomic mass is 10.2. The molecule has 0 heterocycles. The highest BCUT2D eigenvalue weighted by Gasteiger charge is 2.09. The first-order valence-corrected chi connectivity index (χ1v) is 5.95. The summed E-state index contributed by atoms with van der Waals surface area (Å²) in [6, 6.07) is 10.7. The summed E-state index contributed by atoms with van der Waals surface area (Å²) in [7, 11) is 0. The smallest absolute Gasteiger partial charge is 0.335 e. The maximum Gasteiger partial charge on any atom is 0.335 e. The summed E-state index contributed by atoms with van der Waals surface area (Å²) in [5.41, 5.74) is 6.19. The molecule has 2 rings (SSSR count). The molecule has 0 aromatic heterocycles. The van der Waals surface area contributed by atoms with Crippen LogP contribution in [0.4, 0.5) is 10.1 Å². The van der Waals surface area contributed by atoms with Gasteiger partial charge in [0.25, 0.3) is 0 Å². The van der Waals surface area contributed by atoms with Gasteiger partial charge < -0.3 is 10.8 Å². The molecule has 0 unspecified atom stereocenters. The molecule has 0 amide bonds. The van der Waals surface area contributed by atoms with E-state index in [0.717, 1.165) is 0 Å². The molecule has 18 heavy (non-hydrogen) atoms. The third kappa shape index (κ3) is 2.62. The van der Waals surface area contributed by atoms with Gasteiger partial charge in [0.15, 0.2) is 0 Å². The van der Waals surface area contributed by atoms with E-state index in [2.05, 4.69) is 0 Å². The number of nitrogen functional groups attached to an aromatic ring is 1. The second kappa shape index (κ2) is 5.10. The first kappa shape index (κ1) is 12.4. The topological polar surface area (TPSA) is 63.3 Å². The van der Waals surface area contributed by atoms with E-state index in [1.54, 1.807) is 24.3 Å². The minimum atomic E-state index is -1.04. The van der Waals surface area contributed by atoms with Crippen LogP contribution in [0, 0.1) is 5.82 Å². The second-order valence-electron chi connectivity index (χ2n) is 3.59. The number of rotatable bonds is 3. The van der Waals surface area contributed by atoms with E-state index in [4.69, 9.17) is 10.8 Å². The van der Waals surface area contributed by atoms with Crippen molar-refractivity contribution >= 4 is 23.4 Å². The van der Waals surface area contributed by atoms with Gasteiger partial charge in [-0.2, -0.15) is 0 Å². The molecule has 2 aromatic rings. The van der Waals surface area contributed by atoms with Gasteiger partial charge in [-0.3, -0.25) is 0 Å². The lowest BCUT2D eigenvalue weighted by Gasteiger charge is -2.07. The highest BCUT2D eigenvalue weighted by molar-refractivity contribution is 7.99. The molecule has 3 N–H and O–H groups in total. The highest BCUT2D eigenvalue weighted by Crippen LogP contribution is 2.33. The number of anilines is 1. The summed E-state index contributed by atoms with van der Waals surface area (Å²) >= 11 is 1.17. The van der Waals surface area contributed by atoms with Crippen molar-refractivity contribution in [1.82, 2.24) is 0 Å². The van der Waals surface area contributed by atoms with Crippen LogP contribution in [0.3, 0.4) is 0 Å². The Morgan fingerprint density at radius 1 is 1.17 bits per heavy atom. The van der Waals surface area contributed by atoms with Crippen LogP contribution in [-0.4, -0.2) is 11.1 Å². The molecule has 3 nitrogen and oxygen atoms in total. The SMILES string of the molecule is Nc1cc(C(=O)O)ccc1Sc1ccccc1F. The Morgan fingerprint density at radius 3 is 2.50 bits per heavy atom. The second-order valence-corrected chi connectivity index (χ2v) is 4.67. The van der Waals surface area contributed by atoms with Crippen LogP contribution in [0.25, 0.3) is 0 Å². The molecular weight excluding hydrogens is 253 g/mol. The van der Waals surface area contributed by atoms with E-state index in [1.165, 1.54) is 30.0 Å². The summed E-state index contributed by atoms with van der Waals surface area (Å²) in [6.07, 6.45) is 0. The van der Waals surface area contributed by atoms with Crippen LogP contribution < -0.4 is 5.73 Å². The molecule has 0 saturated carbocycles. The Morgan fingerprint density at radius 2 is 1.89 bits per heavy atom. The van der Waals surface area contributed by atoms with Gasteiger partial charge in [0, 0.05) is 15.5 Å². The van der Waals surface area contributed by atoms with Crippen LogP contribution in [0.5, 0.6) is 0 Å². The first-order chi connectivity index (χ1) is 8.58. The molecule has 0 aliphatic carbocycles. The number of carboxylic acid groups (broad SMARTS) is 1. The van der Waals surface area contributed by atoms with Gasteiger partial charge in [-0.15, -0.1) is 0 Å². The number of benzene rings is 2. The third-order valence-corrected chi connectivity index (χ3v) is 3.46. The van der Waals surface area contributed by atoms with Crippen molar-refractivity contribution in [2.45, 2.75) is 9.79 Å². The van der Waals surface area contributed by atoms with Crippen molar-refractivity contribution in [2.75, 3.05) is 5.73 Å². The molecule has 0 aliphatic rings. The van der Waals surface area contributed by atoms with Gasteiger partial charge in [0.2, 0.25) is 0 Å². The zero-order valence-electron chi connectivity index (χ0n) is 9.26. The van der Waals surface area contributed by atoms with Crippen LogP contribution in [0.2, 0.25) is 0 Å². The van der Waals surface area contributed by atoms with Crippen LogP contribution in [0.1, 0.15) is 10.4 Å². The van der Waals surface area contributed by atoms with E-state index in [0.29, 0.717) is 15.5 Å². The zero-order chi connectivity index (χ0) is 13.1. The molecular formula is C13H10FNO2S. The van der Waals surface area contributed by atoms with Crippen molar-refractivity contribution in [2.24, 2.45) is 0 Å². The van der Waals surface area contributed by atoms with Crippen LogP contribution in [0.15, 0.2) is 52.3 Å². The van der Waals surface area contributed by atoms with Crippen molar-refractivity contribution in [3.05, 3.63) is 53.8 Å². The highest BCUT2D eigenvalue weighted by atomic mass is 32.2. The van der Waals surface area contributed by atoms with Gasteiger partial charge in [-0.1, -0.05) is 23.9 Å². The van der Waals surface area contributed by atoms with Crippen molar-refractivity contribution < 1.29 is 14.3 Å². The molecule has 2 aromatic carbocycles. The van der Waals surface area contributed by atoms with E-state index < -0.39 is 5.97 Å². The van der Waals surface area contributed by atoms with Gasteiger partial charge in [0.1, 0.15) is 5.82 Å². The molecule has 0 saturated heterocycles. The molecule has 0 bridgehead atoms. The van der Waals surface area contributed by atoms with E-state index in [-0.39, 0.29) is 11.4 Å². The number of aromatic carboxylic acids is 1. The van der Waals surface area contributed by atoms with Crippen molar-refractivity contribution in [1.29, 1.82) is 0 Å². The average molecular weight is 263 g/mol. The standard InChI is InChI=1S/C13H10FNO2S/c14-9-3-1-2-4-11(9)18-12-6-5-8(13(16)17)7-10(12)15/h1-7H,15H2,(H,16,17). The monoisotopic (exact) mass is 263 g/mol. The Bertz CT molecular complexity index is 601. The number of hydrogen-bond donors (Lipinski definition) is 2. The summed E-state index contributed by atoms with van der Waals surface area (Å²) in [4.78, 5) is 11.8. The normalized spacial score (nSPS) is 10.3. The van der Waals surface area contributed by atoms with E-state index in [9.17, 15) is 9.18 Å². The summed E-state index contributed by atoms with van der Waals surface area (Å²) in [5.74, 6) is -1.37. The van der Waals surface area contributed by atoms with Crippen LogP contribution >= 0.6 is 11.8 Å². The van der Waals surface area contributed by atoms with Gasteiger partial charge in [0.05, 0.1) is 5.56 Å². The molecule has 0 aliphatic heterocycles. The molecule has 0 spiro atoms. The largest absolute Gasteiger partial charge is 0.478 e. The van der Waals surface area contributed by atoms with Gasteiger partial charge in [-0.05, 0) is 30.3 Å². The number of carbonyl (C=O) groups is 1.